The van der Waals surface area contributed by atoms with Crippen molar-refractivity contribution in [1.29, 1.82) is 0 Å². The first kappa shape index (κ1) is 10.3. The Morgan fingerprint density at radius 3 is 2.93 bits per heavy atom. The molecule has 1 heterocycles. The lowest BCUT2D eigenvalue weighted by Crippen LogP contribution is -2.20. The summed E-state index contributed by atoms with van der Waals surface area (Å²) in [6.07, 6.45) is 2.42. The minimum Gasteiger partial charge on any atom is -0.397 e. The lowest BCUT2D eigenvalue weighted by molar-refractivity contribution is 0.569. The first-order valence-corrected chi connectivity index (χ1v) is 5.50. The molecule has 0 aromatic heterocycles. The Hall–Kier alpha value is -1.25. The molecular formula is C12H17FN2. The molecule has 2 rings (SSSR count). The van der Waals surface area contributed by atoms with E-state index in [2.05, 4.69) is 11.8 Å². The van der Waals surface area contributed by atoms with Crippen LogP contribution in [0.1, 0.15) is 19.8 Å². The van der Waals surface area contributed by atoms with E-state index in [1.165, 1.54) is 25.0 Å². The van der Waals surface area contributed by atoms with E-state index in [0.717, 1.165) is 24.7 Å². The van der Waals surface area contributed by atoms with Gasteiger partial charge in [-0.05, 0) is 30.5 Å². The van der Waals surface area contributed by atoms with E-state index in [1.54, 1.807) is 6.07 Å². The Morgan fingerprint density at radius 1 is 1.53 bits per heavy atom. The van der Waals surface area contributed by atoms with E-state index in [4.69, 9.17) is 5.73 Å². The molecule has 1 fully saturated rings. The van der Waals surface area contributed by atoms with Gasteiger partial charge in [0.2, 0.25) is 0 Å². The highest BCUT2D eigenvalue weighted by molar-refractivity contribution is 5.67. The van der Waals surface area contributed by atoms with E-state index in [9.17, 15) is 4.39 Å². The van der Waals surface area contributed by atoms with E-state index in [-0.39, 0.29) is 5.82 Å². The number of hydrogen-bond acceptors (Lipinski definition) is 2. The molecule has 3 heteroatoms. The van der Waals surface area contributed by atoms with Crippen LogP contribution in [-0.4, -0.2) is 13.1 Å². The summed E-state index contributed by atoms with van der Waals surface area (Å²) in [4.78, 5) is 2.25. The molecule has 0 aliphatic carbocycles. The van der Waals surface area contributed by atoms with Crippen LogP contribution >= 0.6 is 0 Å². The van der Waals surface area contributed by atoms with Crippen molar-refractivity contribution in [3.05, 3.63) is 24.0 Å². The molecule has 82 valence electrons. The predicted molar refractivity (Wildman–Crippen MR) is 61.4 cm³/mol. The minimum atomic E-state index is -0.262. The molecule has 1 aromatic rings. The summed E-state index contributed by atoms with van der Waals surface area (Å²) >= 11 is 0. The summed E-state index contributed by atoms with van der Waals surface area (Å²) in [6.45, 7) is 4.29. The minimum absolute atomic E-state index is 0.262. The smallest absolute Gasteiger partial charge is 0.125 e. The van der Waals surface area contributed by atoms with Gasteiger partial charge in [0.05, 0.1) is 11.4 Å². The average Bonchev–Trinajstić information content (AvgIpc) is 2.66. The number of halogens is 1. The summed E-state index contributed by atoms with van der Waals surface area (Å²) in [6, 6.07) is 4.66. The van der Waals surface area contributed by atoms with Gasteiger partial charge in [-0.2, -0.15) is 0 Å². The molecule has 1 aliphatic rings. The monoisotopic (exact) mass is 208 g/mol. The van der Waals surface area contributed by atoms with Gasteiger partial charge in [-0.25, -0.2) is 4.39 Å². The summed E-state index contributed by atoms with van der Waals surface area (Å²) < 4.78 is 12.9. The van der Waals surface area contributed by atoms with E-state index < -0.39 is 0 Å². The molecule has 1 aromatic carbocycles. The van der Waals surface area contributed by atoms with Crippen LogP contribution in [0.2, 0.25) is 0 Å². The zero-order chi connectivity index (χ0) is 10.8. The van der Waals surface area contributed by atoms with Gasteiger partial charge in [-0.3, -0.25) is 0 Å². The quantitative estimate of drug-likeness (QED) is 0.757. The van der Waals surface area contributed by atoms with Crippen molar-refractivity contribution in [1.82, 2.24) is 0 Å². The standard InChI is InChI=1S/C12H17FN2/c1-2-9-5-6-15(8-9)12-4-3-10(13)7-11(12)14/h3-4,7,9H,2,5-6,8,14H2,1H3. The Bertz CT molecular complexity index is 351. The highest BCUT2D eigenvalue weighted by atomic mass is 19.1. The first-order chi connectivity index (χ1) is 7.20. The second-order valence-electron chi connectivity index (χ2n) is 4.21. The lowest BCUT2D eigenvalue weighted by Gasteiger charge is -2.20. The van der Waals surface area contributed by atoms with Crippen LogP contribution in [0, 0.1) is 11.7 Å². The Labute approximate surface area is 89.9 Å². The fourth-order valence-electron chi connectivity index (χ4n) is 2.20. The second kappa shape index (κ2) is 4.09. The summed E-state index contributed by atoms with van der Waals surface area (Å²) in [7, 11) is 0. The molecule has 1 saturated heterocycles. The number of benzene rings is 1. The summed E-state index contributed by atoms with van der Waals surface area (Å²) in [5, 5.41) is 0. The van der Waals surface area contributed by atoms with Gasteiger partial charge in [0.15, 0.2) is 0 Å². The van der Waals surface area contributed by atoms with Crippen molar-refractivity contribution >= 4 is 11.4 Å². The topological polar surface area (TPSA) is 29.3 Å². The molecule has 1 atom stereocenters. The third kappa shape index (κ3) is 2.06. The average molecular weight is 208 g/mol. The number of anilines is 2. The number of nitrogen functional groups attached to an aromatic ring is 1. The van der Waals surface area contributed by atoms with Crippen LogP contribution in [0.25, 0.3) is 0 Å². The molecule has 0 saturated carbocycles. The van der Waals surface area contributed by atoms with Crippen molar-refractivity contribution in [2.75, 3.05) is 23.7 Å². The van der Waals surface area contributed by atoms with Crippen molar-refractivity contribution in [3.63, 3.8) is 0 Å². The fraction of sp³-hybridized carbons (Fsp3) is 0.500. The number of rotatable bonds is 2. The number of hydrogen-bond donors (Lipinski definition) is 1. The highest BCUT2D eigenvalue weighted by Gasteiger charge is 2.22. The van der Waals surface area contributed by atoms with Gasteiger partial charge in [0.1, 0.15) is 5.82 Å². The van der Waals surface area contributed by atoms with Gasteiger partial charge in [0.25, 0.3) is 0 Å². The maximum Gasteiger partial charge on any atom is 0.125 e. The number of nitrogens with zero attached hydrogens (tertiary/aromatic N) is 1. The van der Waals surface area contributed by atoms with Crippen LogP contribution in [-0.2, 0) is 0 Å². The van der Waals surface area contributed by atoms with Gasteiger partial charge in [0, 0.05) is 13.1 Å². The van der Waals surface area contributed by atoms with Gasteiger partial charge >= 0.3 is 0 Å². The Morgan fingerprint density at radius 2 is 2.33 bits per heavy atom. The molecule has 0 amide bonds. The third-order valence-electron chi connectivity index (χ3n) is 3.19. The molecule has 2 N–H and O–H groups in total. The van der Waals surface area contributed by atoms with Crippen LogP contribution in [0.3, 0.4) is 0 Å². The van der Waals surface area contributed by atoms with Crippen molar-refractivity contribution in [2.45, 2.75) is 19.8 Å². The maximum atomic E-state index is 12.9. The maximum absolute atomic E-state index is 12.9. The zero-order valence-corrected chi connectivity index (χ0v) is 9.04. The third-order valence-corrected chi connectivity index (χ3v) is 3.19. The van der Waals surface area contributed by atoms with Crippen LogP contribution in [0.15, 0.2) is 18.2 Å². The molecule has 0 bridgehead atoms. The Balaban J connectivity index is 2.17. The van der Waals surface area contributed by atoms with Crippen LogP contribution in [0.5, 0.6) is 0 Å². The molecule has 0 radical (unpaired) electrons. The molecule has 1 aliphatic heterocycles. The van der Waals surface area contributed by atoms with E-state index >= 15 is 0 Å². The Kier molecular flexibility index (Phi) is 2.80. The second-order valence-corrected chi connectivity index (χ2v) is 4.21. The molecule has 0 spiro atoms. The fourth-order valence-corrected chi connectivity index (χ4v) is 2.20. The zero-order valence-electron chi connectivity index (χ0n) is 9.04. The molecular weight excluding hydrogens is 191 g/mol. The molecule has 2 nitrogen and oxygen atoms in total. The molecule has 15 heavy (non-hydrogen) atoms. The van der Waals surface area contributed by atoms with Crippen molar-refractivity contribution in [2.24, 2.45) is 5.92 Å². The summed E-state index contributed by atoms with van der Waals surface area (Å²) in [5.74, 6) is 0.497. The largest absolute Gasteiger partial charge is 0.397 e. The van der Waals surface area contributed by atoms with Gasteiger partial charge < -0.3 is 10.6 Å². The SMILES string of the molecule is CCC1CCN(c2ccc(F)cc2N)C1. The van der Waals surface area contributed by atoms with Gasteiger partial charge in [-0.1, -0.05) is 13.3 Å². The van der Waals surface area contributed by atoms with Gasteiger partial charge in [-0.15, -0.1) is 0 Å². The summed E-state index contributed by atoms with van der Waals surface area (Å²) in [5.41, 5.74) is 7.33. The highest BCUT2D eigenvalue weighted by Crippen LogP contribution is 2.30. The first-order valence-electron chi connectivity index (χ1n) is 5.50. The number of nitrogens with two attached hydrogens (primary N) is 1. The van der Waals surface area contributed by atoms with E-state index in [1.807, 2.05) is 0 Å². The van der Waals surface area contributed by atoms with E-state index in [0.29, 0.717) is 5.69 Å². The van der Waals surface area contributed by atoms with Crippen LogP contribution < -0.4 is 10.6 Å². The lowest BCUT2D eigenvalue weighted by atomic mass is 10.1. The molecule has 1 unspecified atom stereocenters. The van der Waals surface area contributed by atoms with Crippen LogP contribution in [0.4, 0.5) is 15.8 Å². The normalized spacial score (nSPS) is 20.9. The van der Waals surface area contributed by atoms with Crippen molar-refractivity contribution < 1.29 is 4.39 Å². The predicted octanol–water partition coefficient (Wildman–Crippen LogP) is 2.64. The van der Waals surface area contributed by atoms with Crippen molar-refractivity contribution in [3.8, 4) is 0 Å².